The van der Waals surface area contributed by atoms with E-state index >= 15 is 0 Å². The van der Waals surface area contributed by atoms with Gasteiger partial charge in [0.15, 0.2) is 5.78 Å². The van der Waals surface area contributed by atoms with Gasteiger partial charge in [0.2, 0.25) is 0 Å². The molecule has 1 aromatic rings. The zero-order chi connectivity index (χ0) is 11.2. The van der Waals surface area contributed by atoms with E-state index in [2.05, 4.69) is 0 Å². The van der Waals surface area contributed by atoms with Crippen LogP contribution in [-0.2, 0) is 10.8 Å². The normalized spacial score (nSPS) is 25.1. The smallest absolute Gasteiger partial charge is 0.165 e. The van der Waals surface area contributed by atoms with Crippen LogP contribution in [0, 0.1) is 13.8 Å². The fraction of sp³-hybridized carbons (Fsp3) is 0.417. The van der Waals surface area contributed by atoms with E-state index in [0.717, 1.165) is 16.0 Å². The Balaban J connectivity index is 2.67. The second-order valence-electron chi connectivity index (χ2n) is 4.17. The highest BCUT2D eigenvalue weighted by molar-refractivity contribution is 7.86. The minimum atomic E-state index is -1.02. The Morgan fingerprint density at radius 3 is 2.53 bits per heavy atom. The quantitative estimate of drug-likeness (QED) is 0.675. The maximum atomic E-state index is 12.0. The molecule has 15 heavy (non-hydrogen) atoms. The van der Waals surface area contributed by atoms with Gasteiger partial charge in [-0.3, -0.25) is 9.00 Å². The second kappa shape index (κ2) is 3.56. The highest BCUT2D eigenvalue weighted by atomic mass is 32.2. The molecule has 0 fully saturated rings. The Morgan fingerprint density at radius 1 is 1.27 bits per heavy atom. The minimum absolute atomic E-state index is 0.0490. The van der Waals surface area contributed by atoms with E-state index in [4.69, 9.17) is 0 Å². The Hall–Kier alpha value is -0.960. The molecule has 3 heteroatoms. The van der Waals surface area contributed by atoms with Crippen molar-refractivity contribution >= 4 is 16.6 Å². The van der Waals surface area contributed by atoms with Crippen LogP contribution in [0.1, 0.15) is 34.8 Å². The van der Waals surface area contributed by atoms with Gasteiger partial charge in [-0.15, -0.1) is 0 Å². The summed E-state index contributed by atoms with van der Waals surface area (Å²) in [6.07, 6.45) is 0.405. The predicted octanol–water partition coefficient (Wildman–Crippen LogP) is 2.39. The molecule has 1 aliphatic rings. The number of hydrogen-bond donors (Lipinski definition) is 0. The predicted molar refractivity (Wildman–Crippen MR) is 60.7 cm³/mol. The maximum absolute atomic E-state index is 12.0. The third-order valence-corrected chi connectivity index (χ3v) is 4.62. The van der Waals surface area contributed by atoms with Crippen molar-refractivity contribution in [1.29, 1.82) is 0 Å². The number of benzene rings is 1. The van der Waals surface area contributed by atoms with Crippen molar-refractivity contribution in [2.75, 3.05) is 0 Å². The van der Waals surface area contributed by atoms with Crippen LogP contribution in [0.25, 0.3) is 0 Å². The van der Waals surface area contributed by atoms with Crippen LogP contribution in [0.3, 0.4) is 0 Å². The molecule has 0 spiro atoms. The molecule has 80 valence electrons. The SMILES string of the molecule is Cc1cc2c(cc1C)S(=O)C(C)CC2=O. The molecule has 0 saturated carbocycles. The highest BCUT2D eigenvalue weighted by Gasteiger charge is 2.28. The molecule has 0 radical (unpaired) electrons. The minimum Gasteiger partial charge on any atom is -0.294 e. The van der Waals surface area contributed by atoms with Gasteiger partial charge in [0.25, 0.3) is 0 Å². The summed E-state index contributed by atoms with van der Waals surface area (Å²) < 4.78 is 12.0. The first-order chi connectivity index (χ1) is 7.00. The fourth-order valence-electron chi connectivity index (χ4n) is 1.84. The van der Waals surface area contributed by atoms with Crippen molar-refractivity contribution < 1.29 is 9.00 Å². The van der Waals surface area contributed by atoms with Crippen LogP contribution < -0.4 is 0 Å². The molecule has 1 aliphatic heterocycles. The summed E-state index contributed by atoms with van der Waals surface area (Å²) >= 11 is 0. The van der Waals surface area contributed by atoms with Crippen molar-refractivity contribution in [3.8, 4) is 0 Å². The Kier molecular flexibility index (Phi) is 2.51. The van der Waals surface area contributed by atoms with Crippen LogP contribution >= 0.6 is 0 Å². The number of rotatable bonds is 0. The number of Topliss-reactive ketones (excluding diaryl/α,β-unsaturated/α-hetero) is 1. The lowest BCUT2D eigenvalue weighted by molar-refractivity contribution is 0.0977. The average molecular weight is 222 g/mol. The number of aryl methyl sites for hydroxylation is 2. The number of carbonyl (C=O) groups excluding carboxylic acids is 1. The Labute approximate surface area is 92.2 Å². The van der Waals surface area contributed by atoms with E-state index in [1.165, 1.54) is 0 Å². The summed E-state index contributed by atoms with van der Waals surface area (Å²) in [6.45, 7) is 5.83. The van der Waals surface area contributed by atoms with Crippen molar-refractivity contribution in [3.05, 3.63) is 28.8 Å². The summed E-state index contributed by atoms with van der Waals surface area (Å²) in [5.41, 5.74) is 2.85. The van der Waals surface area contributed by atoms with E-state index in [9.17, 15) is 9.00 Å². The summed E-state index contributed by atoms with van der Waals surface area (Å²) in [5, 5.41) is -0.0490. The Bertz CT molecular complexity index is 463. The summed E-state index contributed by atoms with van der Waals surface area (Å²) in [7, 11) is -1.02. The summed E-state index contributed by atoms with van der Waals surface area (Å²) in [5.74, 6) is 0.125. The molecular weight excluding hydrogens is 208 g/mol. The monoisotopic (exact) mass is 222 g/mol. The molecule has 2 nitrogen and oxygen atoms in total. The molecule has 0 amide bonds. The number of ketones is 1. The average Bonchev–Trinajstić information content (AvgIpc) is 2.18. The lowest BCUT2D eigenvalue weighted by Crippen LogP contribution is -2.24. The molecule has 0 bridgehead atoms. The number of carbonyl (C=O) groups is 1. The second-order valence-corrected chi connectivity index (χ2v) is 6.01. The van der Waals surface area contributed by atoms with Crippen molar-refractivity contribution in [2.24, 2.45) is 0 Å². The number of hydrogen-bond acceptors (Lipinski definition) is 2. The van der Waals surface area contributed by atoms with Gasteiger partial charge in [-0.2, -0.15) is 0 Å². The van der Waals surface area contributed by atoms with E-state index < -0.39 is 10.8 Å². The standard InChI is InChI=1S/C12H14O2S/c1-7-4-10-11(13)6-9(3)15(14)12(10)5-8(7)2/h4-5,9H,6H2,1-3H3. The van der Waals surface area contributed by atoms with Crippen LogP contribution in [-0.4, -0.2) is 15.2 Å². The summed E-state index contributed by atoms with van der Waals surface area (Å²) in [4.78, 5) is 12.5. The van der Waals surface area contributed by atoms with Crippen molar-refractivity contribution in [3.63, 3.8) is 0 Å². The topological polar surface area (TPSA) is 34.1 Å². The lowest BCUT2D eigenvalue weighted by Gasteiger charge is -2.21. The molecule has 2 atom stereocenters. The zero-order valence-corrected chi connectivity index (χ0v) is 9.98. The fourth-order valence-corrected chi connectivity index (χ4v) is 3.26. The number of fused-ring (bicyclic) bond motifs is 1. The molecular formula is C12H14O2S. The van der Waals surface area contributed by atoms with E-state index in [0.29, 0.717) is 12.0 Å². The first kappa shape index (κ1) is 10.6. The highest BCUT2D eigenvalue weighted by Crippen LogP contribution is 2.28. The zero-order valence-electron chi connectivity index (χ0n) is 9.16. The molecule has 0 saturated heterocycles. The lowest BCUT2D eigenvalue weighted by atomic mass is 10.0. The maximum Gasteiger partial charge on any atom is 0.165 e. The molecule has 2 rings (SSSR count). The Morgan fingerprint density at radius 2 is 1.87 bits per heavy atom. The molecule has 2 unspecified atom stereocenters. The van der Waals surface area contributed by atoms with Crippen LogP contribution in [0.5, 0.6) is 0 Å². The van der Waals surface area contributed by atoms with Gasteiger partial charge >= 0.3 is 0 Å². The molecule has 1 heterocycles. The van der Waals surface area contributed by atoms with Gasteiger partial charge < -0.3 is 0 Å². The van der Waals surface area contributed by atoms with Gasteiger partial charge in [-0.25, -0.2) is 0 Å². The van der Waals surface area contributed by atoms with Crippen molar-refractivity contribution in [1.82, 2.24) is 0 Å². The third-order valence-electron chi connectivity index (χ3n) is 2.95. The van der Waals surface area contributed by atoms with Gasteiger partial charge in [-0.1, -0.05) is 6.92 Å². The molecule has 0 aliphatic carbocycles. The van der Waals surface area contributed by atoms with E-state index in [1.807, 2.05) is 32.9 Å². The van der Waals surface area contributed by atoms with Gasteiger partial charge in [-0.05, 0) is 37.1 Å². The summed E-state index contributed by atoms with van der Waals surface area (Å²) in [6, 6.07) is 3.77. The van der Waals surface area contributed by atoms with Crippen molar-refractivity contribution in [2.45, 2.75) is 37.3 Å². The van der Waals surface area contributed by atoms with E-state index in [-0.39, 0.29) is 11.0 Å². The van der Waals surface area contributed by atoms with Crippen LogP contribution in [0.15, 0.2) is 17.0 Å². The van der Waals surface area contributed by atoms with Crippen LogP contribution in [0.4, 0.5) is 0 Å². The van der Waals surface area contributed by atoms with Gasteiger partial charge in [0.1, 0.15) is 0 Å². The molecule has 1 aromatic carbocycles. The molecule has 0 N–H and O–H groups in total. The van der Waals surface area contributed by atoms with Gasteiger partial charge in [0.05, 0.1) is 15.7 Å². The van der Waals surface area contributed by atoms with Crippen LogP contribution in [0.2, 0.25) is 0 Å². The third kappa shape index (κ3) is 1.65. The van der Waals surface area contributed by atoms with E-state index in [1.54, 1.807) is 0 Å². The molecule has 0 aromatic heterocycles. The van der Waals surface area contributed by atoms with Gasteiger partial charge in [0, 0.05) is 17.2 Å². The first-order valence-corrected chi connectivity index (χ1v) is 6.27. The first-order valence-electron chi connectivity index (χ1n) is 5.05. The largest absolute Gasteiger partial charge is 0.294 e.